The lowest BCUT2D eigenvalue weighted by Crippen LogP contribution is -2.45. The summed E-state index contributed by atoms with van der Waals surface area (Å²) in [5, 5.41) is 3.31. The van der Waals surface area contributed by atoms with E-state index in [0.717, 1.165) is 38.5 Å². The molecule has 2 rings (SSSR count). The van der Waals surface area contributed by atoms with Crippen molar-refractivity contribution in [1.29, 1.82) is 0 Å². The lowest BCUT2D eigenvalue weighted by atomic mass is 10.1. The summed E-state index contributed by atoms with van der Waals surface area (Å²) in [6.45, 7) is 3.07. The molecule has 92 valence electrons. The van der Waals surface area contributed by atoms with Gasteiger partial charge in [-0.3, -0.25) is 4.79 Å². The van der Waals surface area contributed by atoms with Gasteiger partial charge in [-0.15, -0.1) is 0 Å². The Hall–Kier alpha value is -0.610. The van der Waals surface area contributed by atoms with E-state index in [9.17, 15) is 4.79 Å². The normalized spacial score (nSPS) is 22.1. The van der Waals surface area contributed by atoms with E-state index in [-0.39, 0.29) is 12.5 Å². The Balaban J connectivity index is 1.65. The Bertz CT molecular complexity index is 235. The van der Waals surface area contributed by atoms with Crippen LogP contribution < -0.4 is 5.32 Å². The first-order valence-corrected chi connectivity index (χ1v) is 6.31. The number of nitrogens with one attached hydrogen (secondary N) is 1. The maximum absolute atomic E-state index is 11.8. The molecule has 1 N–H and O–H groups in total. The third-order valence-corrected chi connectivity index (χ3v) is 3.53. The molecule has 0 aromatic heterocycles. The summed E-state index contributed by atoms with van der Waals surface area (Å²) in [4.78, 5) is 13.7. The predicted molar refractivity (Wildman–Crippen MR) is 62.2 cm³/mol. The number of carbonyl (C=O) groups is 1. The van der Waals surface area contributed by atoms with Crippen molar-refractivity contribution in [2.24, 2.45) is 5.92 Å². The van der Waals surface area contributed by atoms with Crippen molar-refractivity contribution in [2.75, 3.05) is 33.4 Å². The van der Waals surface area contributed by atoms with Gasteiger partial charge >= 0.3 is 0 Å². The van der Waals surface area contributed by atoms with Crippen LogP contribution in [0.1, 0.15) is 25.7 Å². The van der Waals surface area contributed by atoms with Crippen LogP contribution in [-0.4, -0.2) is 50.2 Å². The molecule has 0 atom stereocenters. The second-order valence-corrected chi connectivity index (χ2v) is 4.94. The van der Waals surface area contributed by atoms with Gasteiger partial charge in [0.15, 0.2) is 0 Å². The molecule has 0 radical (unpaired) electrons. The molecule has 4 nitrogen and oxygen atoms in total. The molecular formula is C12H22N2O2. The van der Waals surface area contributed by atoms with Crippen molar-refractivity contribution in [3.63, 3.8) is 0 Å². The summed E-state index contributed by atoms with van der Waals surface area (Å²) in [6.07, 6.45) is 4.67. The molecule has 4 heteroatoms. The molecule has 1 saturated carbocycles. The quantitative estimate of drug-likeness (QED) is 0.747. The highest BCUT2D eigenvalue weighted by Crippen LogP contribution is 2.28. The van der Waals surface area contributed by atoms with E-state index in [1.165, 1.54) is 12.8 Å². The van der Waals surface area contributed by atoms with E-state index in [0.29, 0.717) is 6.04 Å². The van der Waals surface area contributed by atoms with E-state index in [1.54, 1.807) is 0 Å². The maximum Gasteiger partial charge on any atom is 0.248 e. The average molecular weight is 226 g/mol. The van der Waals surface area contributed by atoms with Crippen molar-refractivity contribution in [2.45, 2.75) is 31.7 Å². The van der Waals surface area contributed by atoms with E-state index in [1.807, 2.05) is 11.9 Å². The van der Waals surface area contributed by atoms with Gasteiger partial charge in [-0.2, -0.15) is 0 Å². The summed E-state index contributed by atoms with van der Waals surface area (Å²) in [5.74, 6) is 0.865. The molecule has 2 fully saturated rings. The van der Waals surface area contributed by atoms with Gasteiger partial charge in [-0.25, -0.2) is 0 Å². The van der Waals surface area contributed by atoms with Gasteiger partial charge in [-0.1, -0.05) is 0 Å². The third kappa shape index (κ3) is 3.46. The van der Waals surface area contributed by atoms with Gasteiger partial charge in [0.1, 0.15) is 6.61 Å². The summed E-state index contributed by atoms with van der Waals surface area (Å²) in [6, 6.07) is 0.401. The van der Waals surface area contributed by atoms with E-state index in [4.69, 9.17) is 4.74 Å². The highest BCUT2D eigenvalue weighted by atomic mass is 16.5. The predicted octanol–water partition coefficient (Wildman–Crippen LogP) is 0.623. The van der Waals surface area contributed by atoms with Crippen LogP contribution in [0.15, 0.2) is 0 Å². The van der Waals surface area contributed by atoms with Gasteiger partial charge < -0.3 is 15.0 Å². The lowest BCUT2D eigenvalue weighted by molar-refractivity contribution is -0.137. The maximum atomic E-state index is 11.8. The highest BCUT2D eigenvalue weighted by Gasteiger charge is 2.24. The molecule has 0 bridgehead atoms. The Morgan fingerprint density at radius 3 is 2.62 bits per heavy atom. The molecular weight excluding hydrogens is 204 g/mol. The van der Waals surface area contributed by atoms with Gasteiger partial charge in [-0.05, 0) is 44.7 Å². The standard InChI is InChI=1S/C12H22N2O2/c1-14(11-4-6-13-7-5-11)12(15)9-16-8-10-2-3-10/h10-11,13H,2-9H2,1H3. The van der Waals surface area contributed by atoms with Crippen molar-refractivity contribution >= 4 is 5.91 Å². The largest absolute Gasteiger partial charge is 0.371 e. The molecule has 0 unspecified atom stereocenters. The first-order valence-electron chi connectivity index (χ1n) is 6.31. The Morgan fingerprint density at radius 1 is 1.31 bits per heavy atom. The monoisotopic (exact) mass is 226 g/mol. The van der Waals surface area contributed by atoms with Gasteiger partial charge in [0, 0.05) is 13.1 Å². The fraction of sp³-hybridized carbons (Fsp3) is 0.917. The van der Waals surface area contributed by atoms with Gasteiger partial charge in [0.2, 0.25) is 5.91 Å². The molecule has 0 aromatic carbocycles. The molecule has 1 amide bonds. The van der Waals surface area contributed by atoms with Crippen molar-refractivity contribution < 1.29 is 9.53 Å². The number of piperidine rings is 1. The minimum atomic E-state index is 0.132. The number of ether oxygens (including phenoxy) is 1. The molecule has 1 aliphatic carbocycles. The molecule has 1 heterocycles. The number of carbonyl (C=O) groups excluding carboxylic acids is 1. The van der Waals surface area contributed by atoms with E-state index >= 15 is 0 Å². The summed E-state index contributed by atoms with van der Waals surface area (Å²) in [5.41, 5.74) is 0. The van der Waals surface area contributed by atoms with Crippen LogP contribution in [0, 0.1) is 5.92 Å². The minimum Gasteiger partial charge on any atom is -0.371 e. The topological polar surface area (TPSA) is 41.6 Å². The molecule has 16 heavy (non-hydrogen) atoms. The smallest absolute Gasteiger partial charge is 0.248 e. The first kappa shape index (κ1) is 11.9. The summed E-state index contributed by atoms with van der Waals surface area (Å²) < 4.78 is 5.42. The molecule has 0 aromatic rings. The molecule has 2 aliphatic rings. The Kier molecular flexibility index (Phi) is 4.18. The van der Waals surface area contributed by atoms with Crippen LogP contribution in [0.3, 0.4) is 0 Å². The Morgan fingerprint density at radius 2 is 2.00 bits per heavy atom. The lowest BCUT2D eigenvalue weighted by Gasteiger charge is -2.31. The van der Waals surface area contributed by atoms with Crippen molar-refractivity contribution in [3.05, 3.63) is 0 Å². The number of nitrogens with zero attached hydrogens (tertiary/aromatic N) is 1. The van der Waals surface area contributed by atoms with Crippen LogP contribution in [0.4, 0.5) is 0 Å². The van der Waals surface area contributed by atoms with Crippen molar-refractivity contribution in [1.82, 2.24) is 10.2 Å². The Labute approximate surface area is 97.3 Å². The second-order valence-electron chi connectivity index (χ2n) is 4.94. The van der Waals surface area contributed by atoms with Crippen LogP contribution in [-0.2, 0) is 9.53 Å². The average Bonchev–Trinajstić information content (AvgIpc) is 3.13. The zero-order chi connectivity index (χ0) is 11.4. The van der Waals surface area contributed by atoms with E-state index in [2.05, 4.69) is 5.32 Å². The van der Waals surface area contributed by atoms with Crippen LogP contribution in [0.25, 0.3) is 0 Å². The molecule has 1 saturated heterocycles. The zero-order valence-corrected chi connectivity index (χ0v) is 10.1. The second kappa shape index (κ2) is 5.64. The van der Waals surface area contributed by atoms with E-state index < -0.39 is 0 Å². The highest BCUT2D eigenvalue weighted by molar-refractivity contribution is 5.77. The van der Waals surface area contributed by atoms with Crippen molar-refractivity contribution in [3.8, 4) is 0 Å². The van der Waals surface area contributed by atoms with Crippen LogP contribution in [0.5, 0.6) is 0 Å². The first-order chi connectivity index (χ1) is 7.77. The summed E-state index contributed by atoms with van der Waals surface area (Å²) >= 11 is 0. The third-order valence-electron chi connectivity index (χ3n) is 3.53. The van der Waals surface area contributed by atoms with Crippen LogP contribution in [0.2, 0.25) is 0 Å². The van der Waals surface area contributed by atoms with Gasteiger partial charge in [0.25, 0.3) is 0 Å². The zero-order valence-electron chi connectivity index (χ0n) is 10.1. The van der Waals surface area contributed by atoms with Crippen LogP contribution >= 0.6 is 0 Å². The summed E-state index contributed by atoms with van der Waals surface area (Å²) in [7, 11) is 1.90. The fourth-order valence-corrected chi connectivity index (χ4v) is 2.10. The SMILES string of the molecule is CN(C(=O)COCC1CC1)C1CCNCC1. The number of rotatable bonds is 5. The number of amides is 1. The number of likely N-dealkylation sites (N-methyl/N-ethyl adjacent to an activating group) is 1. The number of hydrogen-bond donors (Lipinski definition) is 1. The fourth-order valence-electron chi connectivity index (χ4n) is 2.10. The minimum absolute atomic E-state index is 0.132. The molecule has 0 spiro atoms. The number of hydrogen-bond acceptors (Lipinski definition) is 3. The van der Waals surface area contributed by atoms with Gasteiger partial charge in [0.05, 0.1) is 6.61 Å². The molecule has 1 aliphatic heterocycles.